The fourth-order valence-electron chi connectivity index (χ4n) is 2.49. The lowest BCUT2D eigenvalue weighted by Crippen LogP contribution is -2.24. The van der Waals surface area contributed by atoms with Crippen LogP contribution in [0.3, 0.4) is 0 Å². The standard InChI is InChI=1S/C14H18F3NOS2/c1-20-12-8-11(19-14(15,16)17)13(21-2)7-9(12)6-10-4-3-5-18-10/h7-8,10,18H,3-6H2,1-2H3. The summed E-state index contributed by atoms with van der Waals surface area (Å²) in [5.74, 6) is -0.109. The number of ether oxygens (including phenoxy) is 1. The molecule has 0 saturated carbocycles. The van der Waals surface area contributed by atoms with Crippen molar-refractivity contribution in [3.05, 3.63) is 17.7 Å². The first kappa shape index (κ1) is 16.8. The third-order valence-corrected chi connectivity index (χ3v) is 5.00. The maximum Gasteiger partial charge on any atom is 0.573 e. The molecule has 7 heteroatoms. The lowest BCUT2D eigenvalue weighted by atomic mass is 10.0. The molecule has 1 aromatic carbocycles. The Morgan fingerprint density at radius 1 is 1.24 bits per heavy atom. The molecule has 1 N–H and O–H groups in total. The Hall–Kier alpha value is -0.530. The molecule has 2 nitrogen and oxygen atoms in total. The quantitative estimate of drug-likeness (QED) is 0.807. The van der Waals surface area contributed by atoms with Gasteiger partial charge in [-0.25, -0.2) is 0 Å². The molecule has 1 unspecified atom stereocenters. The van der Waals surface area contributed by atoms with Crippen LogP contribution in [0.25, 0.3) is 0 Å². The first-order chi connectivity index (χ1) is 9.93. The molecule has 1 aromatic rings. The van der Waals surface area contributed by atoms with Crippen LogP contribution in [0.2, 0.25) is 0 Å². The van der Waals surface area contributed by atoms with E-state index < -0.39 is 6.36 Å². The van der Waals surface area contributed by atoms with Crippen LogP contribution in [0.4, 0.5) is 13.2 Å². The molecule has 0 radical (unpaired) electrons. The maximum atomic E-state index is 12.5. The Morgan fingerprint density at radius 2 is 1.95 bits per heavy atom. The smallest absolute Gasteiger partial charge is 0.405 e. The van der Waals surface area contributed by atoms with Crippen molar-refractivity contribution in [2.75, 3.05) is 19.1 Å². The minimum atomic E-state index is -4.66. The van der Waals surface area contributed by atoms with Gasteiger partial charge >= 0.3 is 6.36 Å². The first-order valence-corrected chi connectivity index (χ1v) is 9.12. The van der Waals surface area contributed by atoms with Crippen molar-refractivity contribution in [3.8, 4) is 5.75 Å². The number of hydrogen-bond acceptors (Lipinski definition) is 4. The molecule has 0 spiro atoms. The second-order valence-electron chi connectivity index (χ2n) is 4.86. The van der Waals surface area contributed by atoms with E-state index in [0.717, 1.165) is 36.3 Å². The molecule has 118 valence electrons. The zero-order valence-corrected chi connectivity index (χ0v) is 13.6. The van der Waals surface area contributed by atoms with Gasteiger partial charge in [0.15, 0.2) is 0 Å². The molecule has 0 aliphatic carbocycles. The van der Waals surface area contributed by atoms with E-state index in [2.05, 4.69) is 10.1 Å². The Kier molecular flexibility index (Phi) is 5.73. The summed E-state index contributed by atoms with van der Waals surface area (Å²) in [6, 6.07) is 3.76. The average molecular weight is 337 g/mol. The van der Waals surface area contributed by atoms with Crippen LogP contribution in [-0.2, 0) is 6.42 Å². The van der Waals surface area contributed by atoms with Gasteiger partial charge in [0.2, 0.25) is 0 Å². The van der Waals surface area contributed by atoms with Gasteiger partial charge in [-0.2, -0.15) is 0 Å². The van der Waals surface area contributed by atoms with E-state index in [-0.39, 0.29) is 5.75 Å². The minimum Gasteiger partial charge on any atom is -0.405 e. The number of halogens is 3. The van der Waals surface area contributed by atoms with Crippen molar-refractivity contribution >= 4 is 23.5 Å². The highest BCUT2D eigenvalue weighted by Gasteiger charge is 2.32. The van der Waals surface area contributed by atoms with Crippen LogP contribution in [0.5, 0.6) is 5.75 Å². The van der Waals surface area contributed by atoms with Crippen molar-refractivity contribution in [3.63, 3.8) is 0 Å². The van der Waals surface area contributed by atoms with E-state index in [1.807, 2.05) is 12.3 Å². The van der Waals surface area contributed by atoms with E-state index in [1.165, 1.54) is 29.6 Å². The van der Waals surface area contributed by atoms with Gasteiger partial charge < -0.3 is 10.1 Å². The Bertz CT molecular complexity index is 488. The van der Waals surface area contributed by atoms with E-state index >= 15 is 0 Å². The van der Waals surface area contributed by atoms with Crippen LogP contribution in [-0.4, -0.2) is 31.5 Å². The average Bonchev–Trinajstić information content (AvgIpc) is 2.91. The topological polar surface area (TPSA) is 21.3 Å². The summed E-state index contributed by atoms with van der Waals surface area (Å²) in [5, 5.41) is 3.42. The summed E-state index contributed by atoms with van der Waals surface area (Å²) in [5.41, 5.74) is 1.08. The van der Waals surface area contributed by atoms with Gasteiger partial charge in [0.05, 0.1) is 0 Å². The van der Waals surface area contributed by atoms with Gasteiger partial charge in [-0.05, 0) is 56.0 Å². The molecular weight excluding hydrogens is 319 g/mol. The monoisotopic (exact) mass is 337 g/mol. The number of thioether (sulfide) groups is 2. The molecular formula is C14H18F3NOS2. The van der Waals surface area contributed by atoms with Crippen LogP contribution in [0.15, 0.2) is 21.9 Å². The predicted molar refractivity (Wildman–Crippen MR) is 81.4 cm³/mol. The number of hydrogen-bond donors (Lipinski definition) is 1. The molecule has 0 bridgehead atoms. The second-order valence-corrected chi connectivity index (χ2v) is 6.56. The summed E-state index contributed by atoms with van der Waals surface area (Å²) in [6.45, 7) is 1.02. The van der Waals surface area contributed by atoms with Crippen molar-refractivity contribution < 1.29 is 17.9 Å². The van der Waals surface area contributed by atoms with Crippen molar-refractivity contribution in [1.82, 2.24) is 5.32 Å². The van der Waals surface area contributed by atoms with Gasteiger partial charge in [-0.3, -0.25) is 0 Å². The normalized spacial score (nSPS) is 19.0. The molecule has 2 rings (SSSR count). The summed E-state index contributed by atoms with van der Waals surface area (Å²) < 4.78 is 41.6. The molecule has 1 heterocycles. The second kappa shape index (κ2) is 7.15. The van der Waals surface area contributed by atoms with E-state index in [9.17, 15) is 13.2 Å². The van der Waals surface area contributed by atoms with Crippen molar-refractivity contribution in [2.45, 2.75) is 41.5 Å². The van der Waals surface area contributed by atoms with Crippen LogP contribution in [0, 0.1) is 0 Å². The number of rotatable bonds is 5. The molecule has 0 aromatic heterocycles. The third kappa shape index (κ3) is 4.72. The third-order valence-electron chi connectivity index (χ3n) is 3.42. The van der Waals surface area contributed by atoms with Crippen LogP contribution in [0.1, 0.15) is 18.4 Å². The van der Waals surface area contributed by atoms with Gasteiger partial charge in [0.1, 0.15) is 5.75 Å². The van der Waals surface area contributed by atoms with Gasteiger partial charge in [0, 0.05) is 15.8 Å². The molecule has 1 aliphatic heterocycles. The largest absolute Gasteiger partial charge is 0.573 e. The fraction of sp³-hybridized carbons (Fsp3) is 0.571. The maximum absolute atomic E-state index is 12.5. The lowest BCUT2D eigenvalue weighted by Gasteiger charge is -2.18. The Morgan fingerprint density at radius 3 is 2.48 bits per heavy atom. The Labute approximate surface area is 131 Å². The molecule has 21 heavy (non-hydrogen) atoms. The van der Waals surface area contributed by atoms with Gasteiger partial charge in [0.25, 0.3) is 0 Å². The fourth-order valence-corrected chi connectivity index (χ4v) is 3.68. The molecule has 0 amide bonds. The summed E-state index contributed by atoms with van der Waals surface area (Å²) in [7, 11) is 0. The summed E-state index contributed by atoms with van der Waals surface area (Å²) >= 11 is 2.73. The molecule has 1 aliphatic rings. The van der Waals surface area contributed by atoms with E-state index in [0.29, 0.717) is 10.9 Å². The van der Waals surface area contributed by atoms with Gasteiger partial charge in [-0.15, -0.1) is 36.7 Å². The lowest BCUT2D eigenvalue weighted by molar-refractivity contribution is -0.275. The van der Waals surface area contributed by atoms with E-state index in [4.69, 9.17) is 0 Å². The predicted octanol–water partition coefficient (Wildman–Crippen LogP) is 4.32. The minimum absolute atomic E-state index is 0.109. The van der Waals surface area contributed by atoms with Crippen molar-refractivity contribution in [1.29, 1.82) is 0 Å². The molecule has 1 saturated heterocycles. The molecule has 1 fully saturated rings. The number of benzene rings is 1. The molecule has 1 atom stereocenters. The zero-order valence-electron chi connectivity index (χ0n) is 11.9. The summed E-state index contributed by atoms with van der Waals surface area (Å²) in [4.78, 5) is 1.37. The van der Waals surface area contributed by atoms with Crippen LogP contribution < -0.4 is 10.1 Å². The zero-order chi connectivity index (χ0) is 15.5. The van der Waals surface area contributed by atoms with Crippen molar-refractivity contribution in [2.24, 2.45) is 0 Å². The van der Waals surface area contributed by atoms with E-state index in [1.54, 1.807) is 6.26 Å². The highest BCUT2D eigenvalue weighted by atomic mass is 32.2. The number of nitrogens with one attached hydrogen (secondary N) is 1. The SMILES string of the molecule is CSc1cc(OC(F)(F)F)c(SC)cc1CC1CCCN1. The first-order valence-electron chi connectivity index (χ1n) is 6.67. The highest BCUT2D eigenvalue weighted by Crippen LogP contribution is 2.38. The Balaban J connectivity index is 2.28. The number of alkyl halides is 3. The van der Waals surface area contributed by atoms with Gasteiger partial charge in [-0.1, -0.05) is 0 Å². The van der Waals surface area contributed by atoms with Crippen LogP contribution >= 0.6 is 23.5 Å². The highest BCUT2D eigenvalue weighted by molar-refractivity contribution is 7.99. The summed E-state index contributed by atoms with van der Waals surface area (Å²) in [6.07, 6.45) is 2.09.